The van der Waals surface area contributed by atoms with E-state index in [1.165, 1.54) is 17.9 Å². The lowest BCUT2D eigenvalue weighted by atomic mass is 10.1. The van der Waals surface area contributed by atoms with Gasteiger partial charge in [-0.2, -0.15) is 11.8 Å². The Morgan fingerprint density at radius 3 is 3.29 bits per heavy atom. The lowest BCUT2D eigenvalue weighted by Crippen LogP contribution is -2.22. The molecule has 0 radical (unpaired) electrons. The number of nitrogens with zero attached hydrogens (tertiary/aromatic N) is 3. The number of aromatic nitrogens is 3. The summed E-state index contributed by atoms with van der Waals surface area (Å²) in [6.07, 6.45) is 4.02. The van der Waals surface area contributed by atoms with E-state index in [-0.39, 0.29) is 6.61 Å². The van der Waals surface area contributed by atoms with Crippen molar-refractivity contribution in [1.29, 1.82) is 0 Å². The Kier molecular flexibility index (Phi) is 5.28. The molecule has 2 rings (SSSR count). The van der Waals surface area contributed by atoms with E-state index in [9.17, 15) is 0 Å². The van der Waals surface area contributed by atoms with E-state index in [1.54, 1.807) is 4.68 Å². The van der Waals surface area contributed by atoms with E-state index in [1.807, 2.05) is 18.0 Å². The third kappa shape index (κ3) is 4.29. The highest BCUT2D eigenvalue weighted by atomic mass is 32.2. The first kappa shape index (κ1) is 12.9. The monoisotopic (exact) mass is 256 g/mol. The Balaban J connectivity index is 1.65. The molecule has 0 bridgehead atoms. The molecule has 5 nitrogen and oxygen atoms in total. The zero-order valence-corrected chi connectivity index (χ0v) is 10.8. The van der Waals surface area contributed by atoms with Crippen LogP contribution >= 0.6 is 11.8 Å². The number of aryl methyl sites for hydroxylation is 1. The maximum atomic E-state index is 8.72. The fourth-order valence-corrected chi connectivity index (χ4v) is 3.19. The van der Waals surface area contributed by atoms with Crippen LogP contribution in [0.3, 0.4) is 0 Å². The zero-order chi connectivity index (χ0) is 11.9. The summed E-state index contributed by atoms with van der Waals surface area (Å²) in [7, 11) is 0. The van der Waals surface area contributed by atoms with Gasteiger partial charge in [0.2, 0.25) is 0 Å². The molecule has 2 heterocycles. The molecule has 1 aromatic heterocycles. The predicted octanol–water partition coefficient (Wildman–Crippen LogP) is 0.503. The maximum absolute atomic E-state index is 8.72. The van der Waals surface area contributed by atoms with Gasteiger partial charge in [-0.3, -0.25) is 4.68 Å². The number of hydrogen-bond acceptors (Lipinski definition) is 5. The van der Waals surface area contributed by atoms with E-state index >= 15 is 0 Å². The number of nitrogens with one attached hydrogen (secondary N) is 1. The van der Waals surface area contributed by atoms with Gasteiger partial charge in [-0.15, -0.1) is 5.10 Å². The van der Waals surface area contributed by atoms with Crippen molar-refractivity contribution in [1.82, 2.24) is 20.3 Å². The van der Waals surface area contributed by atoms with Crippen LogP contribution in [0.15, 0.2) is 6.20 Å². The molecule has 1 unspecified atom stereocenters. The van der Waals surface area contributed by atoms with E-state index in [2.05, 4.69) is 15.6 Å². The molecule has 0 spiro atoms. The molecule has 96 valence electrons. The highest BCUT2D eigenvalue weighted by molar-refractivity contribution is 7.99. The average Bonchev–Trinajstić information content (AvgIpc) is 2.98. The maximum Gasteiger partial charge on any atom is 0.0964 e. The van der Waals surface area contributed by atoms with Crippen LogP contribution in [-0.4, -0.2) is 44.8 Å². The van der Waals surface area contributed by atoms with Crippen molar-refractivity contribution in [2.24, 2.45) is 5.92 Å². The van der Waals surface area contributed by atoms with Gasteiger partial charge in [-0.25, -0.2) is 0 Å². The number of thioether (sulfide) groups is 1. The largest absolute Gasteiger partial charge is 0.396 e. The Labute approximate surface area is 106 Å². The Hall–Kier alpha value is -0.590. The van der Waals surface area contributed by atoms with Crippen LogP contribution in [0.1, 0.15) is 18.5 Å². The molecule has 0 saturated carbocycles. The van der Waals surface area contributed by atoms with Crippen LogP contribution in [0.2, 0.25) is 0 Å². The summed E-state index contributed by atoms with van der Waals surface area (Å²) in [5.74, 6) is 3.42. The van der Waals surface area contributed by atoms with Gasteiger partial charge in [0.05, 0.1) is 5.69 Å². The lowest BCUT2D eigenvalue weighted by molar-refractivity contribution is 0.276. The Bertz CT molecular complexity index is 325. The van der Waals surface area contributed by atoms with Gasteiger partial charge >= 0.3 is 0 Å². The number of rotatable bonds is 7. The number of aliphatic hydroxyl groups is 1. The SMILES string of the molecule is OCCCn1cc(CNCC2CCSC2)nn1. The highest BCUT2D eigenvalue weighted by Crippen LogP contribution is 2.22. The molecule has 2 N–H and O–H groups in total. The van der Waals surface area contributed by atoms with Crippen molar-refractivity contribution in [3.8, 4) is 0 Å². The van der Waals surface area contributed by atoms with Gasteiger partial charge in [0.25, 0.3) is 0 Å². The topological polar surface area (TPSA) is 63.0 Å². The van der Waals surface area contributed by atoms with Gasteiger partial charge in [0.15, 0.2) is 0 Å². The number of hydrogen-bond donors (Lipinski definition) is 2. The Morgan fingerprint density at radius 2 is 2.53 bits per heavy atom. The first-order chi connectivity index (χ1) is 8.38. The van der Waals surface area contributed by atoms with Crippen molar-refractivity contribution in [3.05, 3.63) is 11.9 Å². The van der Waals surface area contributed by atoms with Crippen LogP contribution in [-0.2, 0) is 13.1 Å². The van der Waals surface area contributed by atoms with Crippen molar-refractivity contribution in [2.45, 2.75) is 25.9 Å². The third-order valence-electron chi connectivity index (χ3n) is 2.89. The van der Waals surface area contributed by atoms with Crippen LogP contribution in [0.4, 0.5) is 0 Å². The lowest BCUT2D eigenvalue weighted by Gasteiger charge is -2.07. The molecule has 6 heteroatoms. The third-order valence-corrected chi connectivity index (χ3v) is 4.13. The summed E-state index contributed by atoms with van der Waals surface area (Å²) in [6, 6.07) is 0. The molecular weight excluding hydrogens is 236 g/mol. The minimum atomic E-state index is 0.201. The average molecular weight is 256 g/mol. The van der Waals surface area contributed by atoms with Gasteiger partial charge < -0.3 is 10.4 Å². The van der Waals surface area contributed by atoms with Crippen molar-refractivity contribution in [3.63, 3.8) is 0 Å². The van der Waals surface area contributed by atoms with Crippen LogP contribution in [0, 0.1) is 5.92 Å². The second-order valence-corrected chi connectivity index (χ2v) is 5.56. The van der Waals surface area contributed by atoms with Crippen molar-refractivity contribution >= 4 is 11.8 Å². The van der Waals surface area contributed by atoms with Crippen LogP contribution in [0.5, 0.6) is 0 Å². The molecule has 0 aromatic carbocycles. The summed E-state index contributed by atoms with van der Waals surface area (Å²) >= 11 is 2.05. The quantitative estimate of drug-likeness (QED) is 0.744. The normalized spacial score (nSPS) is 19.9. The first-order valence-electron chi connectivity index (χ1n) is 6.17. The van der Waals surface area contributed by atoms with Gasteiger partial charge in [0, 0.05) is 25.9 Å². The van der Waals surface area contributed by atoms with E-state index in [0.717, 1.165) is 37.7 Å². The standard InChI is InChI=1S/C11H20N4OS/c16-4-1-3-15-8-11(13-14-15)7-12-6-10-2-5-17-9-10/h8,10,12,16H,1-7,9H2. The van der Waals surface area contributed by atoms with E-state index in [4.69, 9.17) is 5.11 Å². The second-order valence-electron chi connectivity index (χ2n) is 4.41. The molecule has 1 saturated heterocycles. The summed E-state index contributed by atoms with van der Waals surface area (Å²) in [6.45, 7) is 2.81. The summed E-state index contributed by atoms with van der Waals surface area (Å²) in [5, 5.41) is 20.3. The molecule has 1 aromatic rings. The molecule has 0 aliphatic carbocycles. The molecule has 17 heavy (non-hydrogen) atoms. The molecule has 1 atom stereocenters. The smallest absolute Gasteiger partial charge is 0.0964 e. The molecule has 0 amide bonds. The van der Waals surface area contributed by atoms with Gasteiger partial charge in [-0.1, -0.05) is 5.21 Å². The summed E-state index contributed by atoms with van der Waals surface area (Å²) in [5.41, 5.74) is 0.980. The second kappa shape index (κ2) is 6.98. The summed E-state index contributed by atoms with van der Waals surface area (Å²) in [4.78, 5) is 0. The number of aliphatic hydroxyl groups excluding tert-OH is 1. The van der Waals surface area contributed by atoms with Gasteiger partial charge in [0.1, 0.15) is 0 Å². The first-order valence-corrected chi connectivity index (χ1v) is 7.32. The molecule has 1 aliphatic heterocycles. The Morgan fingerprint density at radius 1 is 1.59 bits per heavy atom. The molecular formula is C11H20N4OS. The van der Waals surface area contributed by atoms with Crippen LogP contribution < -0.4 is 5.32 Å². The summed E-state index contributed by atoms with van der Waals surface area (Å²) < 4.78 is 1.79. The van der Waals surface area contributed by atoms with Gasteiger partial charge in [-0.05, 0) is 36.8 Å². The minimum absolute atomic E-state index is 0.201. The van der Waals surface area contributed by atoms with Crippen molar-refractivity contribution in [2.75, 3.05) is 24.7 Å². The van der Waals surface area contributed by atoms with Crippen LogP contribution in [0.25, 0.3) is 0 Å². The molecule has 1 aliphatic rings. The minimum Gasteiger partial charge on any atom is -0.396 e. The zero-order valence-electron chi connectivity index (χ0n) is 10.0. The fraction of sp³-hybridized carbons (Fsp3) is 0.818. The van der Waals surface area contributed by atoms with Crippen molar-refractivity contribution < 1.29 is 5.11 Å². The van der Waals surface area contributed by atoms with E-state index < -0.39 is 0 Å². The predicted molar refractivity (Wildman–Crippen MR) is 68.9 cm³/mol. The highest BCUT2D eigenvalue weighted by Gasteiger charge is 2.14. The fourth-order valence-electron chi connectivity index (χ4n) is 1.91. The van der Waals surface area contributed by atoms with E-state index in [0.29, 0.717) is 0 Å². The molecule has 1 fully saturated rings.